The average molecular weight is 392 g/mol. The van der Waals surface area contributed by atoms with E-state index in [0.717, 1.165) is 24.7 Å². The summed E-state index contributed by atoms with van der Waals surface area (Å²) in [6.45, 7) is 5.91. The first kappa shape index (κ1) is 20.0. The van der Waals surface area contributed by atoms with Gasteiger partial charge in [0.25, 0.3) is 0 Å². The van der Waals surface area contributed by atoms with Crippen molar-refractivity contribution in [3.63, 3.8) is 0 Å². The summed E-state index contributed by atoms with van der Waals surface area (Å²) in [6, 6.07) is 25.5. The van der Waals surface area contributed by atoms with Crippen molar-refractivity contribution in [3.05, 3.63) is 101 Å². The Kier molecular flexibility index (Phi) is 6.37. The highest BCUT2D eigenvalue weighted by atomic mass is 35.5. The molecule has 0 amide bonds. The summed E-state index contributed by atoms with van der Waals surface area (Å²) in [5.74, 6) is 1.12. The van der Waals surface area contributed by atoms with E-state index in [1.807, 2.05) is 0 Å². The number of para-hydroxylation sites is 1. The van der Waals surface area contributed by atoms with Crippen LogP contribution in [0.4, 0.5) is 5.69 Å². The maximum atomic E-state index is 4.88. The minimum absolute atomic E-state index is 0. The Morgan fingerprint density at radius 1 is 0.893 bits per heavy atom. The molecule has 0 radical (unpaired) electrons. The SMILES string of the molecule is Cc1cccc(C)c1CNC1=Nc2ccccc2C(c2ccccc2)CN1.Cl. The van der Waals surface area contributed by atoms with Gasteiger partial charge in [-0.25, -0.2) is 4.99 Å². The van der Waals surface area contributed by atoms with Gasteiger partial charge in [0.2, 0.25) is 0 Å². The van der Waals surface area contributed by atoms with Gasteiger partial charge in [-0.05, 0) is 47.7 Å². The van der Waals surface area contributed by atoms with Crippen LogP contribution < -0.4 is 10.6 Å². The summed E-state index contributed by atoms with van der Waals surface area (Å²) in [4.78, 5) is 4.88. The number of halogens is 1. The van der Waals surface area contributed by atoms with E-state index < -0.39 is 0 Å². The van der Waals surface area contributed by atoms with Crippen LogP contribution in [0, 0.1) is 13.8 Å². The van der Waals surface area contributed by atoms with Crippen molar-refractivity contribution >= 4 is 24.1 Å². The molecule has 0 saturated heterocycles. The number of nitrogens with one attached hydrogen (secondary N) is 2. The predicted octanol–water partition coefficient (Wildman–Crippen LogP) is 5.24. The summed E-state index contributed by atoms with van der Waals surface area (Å²) in [7, 11) is 0. The maximum Gasteiger partial charge on any atom is 0.196 e. The van der Waals surface area contributed by atoms with E-state index in [1.54, 1.807) is 0 Å². The molecule has 1 aliphatic heterocycles. The van der Waals surface area contributed by atoms with Crippen molar-refractivity contribution in [1.82, 2.24) is 10.6 Å². The first-order valence-electron chi connectivity index (χ1n) is 9.48. The Balaban J connectivity index is 0.00000225. The molecule has 0 spiro atoms. The Morgan fingerprint density at radius 3 is 2.32 bits per heavy atom. The number of guanidine groups is 1. The molecular weight excluding hydrogens is 366 g/mol. The molecule has 0 aromatic heterocycles. The van der Waals surface area contributed by atoms with Crippen molar-refractivity contribution in [3.8, 4) is 0 Å². The standard InChI is InChI=1S/C24H25N3.ClH/c1-17-9-8-10-18(2)21(17)15-25-24-26-16-22(19-11-4-3-5-12-19)20-13-6-7-14-23(20)27-24;/h3-14,22H,15-16H2,1-2H3,(H2,25,26,27);1H. The van der Waals surface area contributed by atoms with Crippen LogP contribution in [0.3, 0.4) is 0 Å². The van der Waals surface area contributed by atoms with Crippen molar-refractivity contribution in [1.29, 1.82) is 0 Å². The van der Waals surface area contributed by atoms with E-state index in [1.165, 1.54) is 27.8 Å². The van der Waals surface area contributed by atoms with Crippen LogP contribution in [0.1, 0.15) is 33.7 Å². The molecule has 2 N–H and O–H groups in total. The second-order valence-electron chi connectivity index (χ2n) is 7.09. The van der Waals surface area contributed by atoms with E-state index in [-0.39, 0.29) is 18.3 Å². The molecule has 144 valence electrons. The van der Waals surface area contributed by atoms with Crippen molar-refractivity contribution in [2.75, 3.05) is 6.54 Å². The summed E-state index contributed by atoms with van der Waals surface area (Å²) in [5, 5.41) is 7.04. The zero-order valence-electron chi connectivity index (χ0n) is 16.3. The maximum absolute atomic E-state index is 4.88. The van der Waals surface area contributed by atoms with Gasteiger partial charge < -0.3 is 10.6 Å². The van der Waals surface area contributed by atoms with Crippen LogP contribution in [0.15, 0.2) is 77.8 Å². The molecule has 1 atom stereocenters. The quantitative estimate of drug-likeness (QED) is 0.640. The van der Waals surface area contributed by atoms with Gasteiger partial charge in [-0.3, -0.25) is 0 Å². The molecule has 0 aliphatic carbocycles. The Morgan fingerprint density at radius 2 is 1.57 bits per heavy atom. The first-order chi connectivity index (χ1) is 13.2. The number of rotatable bonds is 3. The van der Waals surface area contributed by atoms with Gasteiger partial charge >= 0.3 is 0 Å². The lowest BCUT2D eigenvalue weighted by molar-refractivity contribution is 0.741. The minimum Gasteiger partial charge on any atom is -0.355 e. The molecule has 0 fully saturated rings. The molecule has 0 bridgehead atoms. The number of benzene rings is 3. The predicted molar refractivity (Wildman–Crippen MR) is 120 cm³/mol. The molecule has 4 rings (SSSR count). The Hall–Kier alpha value is -2.78. The van der Waals surface area contributed by atoms with Crippen molar-refractivity contribution in [2.45, 2.75) is 26.3 Å². The van der Waals surface area contributed by atoms with Crippen molar-refractivity contribution < 1.29 is 0 Å². The highest BCUT2D eigenvalue weighted by Crippen LogP contribution is 2.33. The van der Waals surface area contributed by atoms with Crippen LogP contribution in [-0.4, -0.2) is 12.5 Å². The van der Waals surface area contributed by atoms with Crippen LogP contribution in [-0.2, 0) is 6.54 Å². The number of nitrogens with zero attached hydrogens (tertiary/aromatic N) is 1. The smallest absolute Gasteiger partial charge is 0.196 e. The monoisotopic (exact) mass is 391 g/mol. The van der Waals surface area contributed by atoms with Gasteiger partial charge in [0, 0.05) is 19.0 Å². The number of hydrogen-bond donors (Lipinski definition) is 2. The molecule has 0 saturated carbocycles. The lowest BCUT2D eigenvalue weighted by atomic mass is 9.90. The molecule has 1 heterocycles. The van der Waals surface area contributed by atoms with Crippen molar-refractivity contribution in [2.24, 2.45) is 4.99 Å². The van der Waals surface area contributed by atoms with Gasteiger partial charge in [-0.2, -0.15) is 0 Å². The number of aryl methyl sites for hydroxylation is 2. The molecule has 3 aromatic carbocycles. The fraction of sp³-hybridized carbons (Fsp3) is 0.208. The second-order valence-corrected chi connectivity index (χ2v) is 7.09. The molecule has 3 aromatic rings. The minimum atomic E-state index is 0. The van der Waals surface area contributed by atoms with E-state index in [0.29, 0.717) is 0 Å². The van der Waals surface area contributed by atoms with Crippen LogP contribution >= 0.6 is 12.4 Å². The fourth-order valence-corrected chi connectivity index (χ4v) is 3.74. The van der Waals surface area contributed by atoms with Gasteiger partial charge in [-0.15, -0.1) is 12.4 Å². The van der Waals surface area contributed by atoms with Gasteiger partial charge in [0.15, 0.2) is 5.96 Å². The summed E-state index contributed by atoms with van der Waals surface area (Å²) in [5.41, 5.74) is 7.54. The first-order valence-corrected chi connectivity index (χ1v) is 9.48. The molecular formula is C24H26ClN3. The Bertz CT molecular complexity index is 946. The van der Waals surface area contributed by atoms with Crippen LogP contribution in [0.5, 0.6) is 0 Å². The number of aliphatic imine (C=N–C) groups is 1. The average Bonchev–Trinajstić information content (AvgIpc) is 2.87. The lowest BCUT2D eigenvalue weighted by Crippen LogP contribution is -2.38. The number of fused-ring (bicyclic) bond motifs is 1. The zero-order valence-corrected chi connectivity index (χ0v) is 17.1. The van der Waals surface area contributed by atoms with Crippen LogP contribution in [0.2, 0.25) is 0 Å². The number of hydrogen-bond acceptors (Lipinski definition) is 3. The van der Waals surface area contributed by atoms with E-state index in [4.69, 9.17) is 4.99 Å². The molecule has 4 heteroatoms. The van der Waals surface area contributed by atoms with E-state index in [9.17, 15) is 0 Å². The third-order valence-corrected chi connectivity index (χ3v) is 5.30. The normalized spacial score (nSPS) is 15.4. The van der Waals surface area contributed by atoms with E-state index >= 15 is 0 Å². The van der Waals surface area contributed by atoms with Gasteiger partial charge in [-0.1, -0.05) is 66.7 Å². The highest BCUT2D eigenvalue weighted by Gasteiger charge is 2.21. The second kappa shape index (κ2) is 8.94. The third kappa shape index (κ3) is 4.20. The third-order valence-electron chi connectivity index (χ3n) is 5.30. The fourth-order valence-electron chi connectivity index (χ4n) is 3.74. The van der Waals surface area contributed by atoms with E-state index in [2.05, 4.69) is 97.3 Å². The topological polar surface area (TPSA) is 36.4 Å². The summed E-state index contributed by atoms with van der Waals surface area (Å²) < 4.78 is 0. The largest absolute Gasteiger partial charge is 0.355 e. The molecule has 1 aliphatic rings. The van der Waals surface area contributed by atoms with Crippen LogP contribution in [0.25, 0.3) is 0 Å². The summed E-state index contributed by atoms with van der Waals surface area (Å²) >= 11 is 0. The highest BCUT2D eigenvalue weighted by molar-refractivity contribution is 5.85. The molecule has 1 unspecified atom stereocenters. The lowest BCUT2D eigenvalue weighted by Gasteiger charge is -2.18. The molecule has 3 nitrogen and oxygen atoms in total. The van der Waals surface area contributed by atoms with Gasteiger partial charge in [0.1, 0.15) is 0 Å². The van der Waals surface area contributed by atoms with Gasteiger partial charge in [0.05, 0.1) is 5.69 Å². The Labute approximate surface area is 173 Å². The molecule has 28 heavy (non-hydrogen) atoms. The summed E-state index contributed by atoms with van der Waals surface area (Å²) in [6.07, 6.45) is 0. The zero-order chi connectivity index (χ0) is 18.6.